The fraction of sp³-hybridized carbons (Fsp3) is 0.611. The van der Waals surface area contributed by atoms with Gasteiger partial charge < -0.3 is 15.4 Å². The van der Waals surface area contributed by atoms with E-state index >= 15 is 0 Å². The van der Waals surface area contributed by atoms with Gasteiger partial charge in [0.25, 0.3) is 0 Å². The van der Waals surface area contributed by atoms with E-state index in [2.05, 4.69) is 24.5 Å². The zero-order chi connectivity index (χ0) is 15.8. The molecule has 1 fully saturated rings. The van der Waals surface area contributed by atoms with E-state index in [1.807, 2.05) is 24.3 Å². The molecule has 0 spiro atoms. The first-order valence-corrected chi connectivity index (χ1v) is 8.36. The lowest BCUT2D eigenvalue weighted by Gasteiger charge is -2.22. The second-order valence-corrected chi connectivity index (χ2v) is 6.38. The Hall–Kier alpha value is -1.55. The molecule has 0 saturated carbocycles. The molecule has 0 atom stereocenters. The number of nitrogens with one attached hydrogen (secondary N) is 2. The van der Waals surface area contributed by atoms with Gasteiger partial charge in [0, 0.05) is 18.0 Å². The van der Waals surface area contributed by atoms with Crippen LogP contribution < -0.4 is 15.4 Å². The van der Waals surface area contributed by atoms with Crippen molar-refractivity contribution in [2.75, 3.05) is 19.7 Å². The van der Waals surface area contributed by atoms with Crippen LogP contribution in [0.2, 0.25) is 0 Å². The molecule has 0 aromatic heterocycles. The zero-order valence-corrected chi connectivity index (χ0v) is 13.7. The van der Waals surface area contributed by atoms with Crippen LogP contribution in [-0.2, 0) is 11.3 Å². The summed E-state index contributed by atoms with van der Waals surface area (Å²) in [5.41, 5.74) is 1.05. The number of ether oxygens (including phenoxy) is 1. The number of amides is 1. The molecule has 0 unspecified atom stereocenters. The van der Waals surface area contributed by atoms with E-state index in [4.69, 9.17) is 4.74 Å². The van der Waals surface area contributed by atoms with Gasteiger partial charge in [-0.1, -0.05) is 32.0 Å². The van der Waals surface area contributed by atoms with Crippen molar-refractivity contribution in [2.24, 2.45) is 11.8 Å². The van der Waals surface area contributed by atoms with Gasteiger partial charge in [-0.15, -0.1) is 0 Å². The van der Waals surface area contributed by atoms with Crippen LogP contribution >= 0.6 is 0 Å². The van der Waals surface area contributed by atoms with Gasteiger partial charge in [0.15, 0.2) is 0 Å². The lowest BCUT2D eigenvalue weighted by atomic mass is 9.97. The highest BCUT2D eigenvalue weighted by Crippen LogP contribution is 2.19. The fourth-order valence-electron chi connectivity index (χ4n) is 2.61. The second-order valence-electron chi connectivity index (χ2n) is 6.38. The van der Waals surface area contributed by atoms with Crippen molar-refractivity contribution in [3.05, 3.63) is 29.8 Å². The summed E-state index contributed by atoms with van der Waals surface area (Å²) in [4.78, 5) is 12.2. The van der Waals surface area contributed by atoms with Crippen LogP contribution in [0.15, 0.2) is 24.3 Å². The summed E-state index contributed by atoms with van der Waals surface area (Å²) in [5.74, 6) is 1.83. The molecule has 4 heteroatoms. The topological polar surface area (TPSA) is 50.4 Å². The molecule has 0 aliphatic carbocycles. The minimum absolute atomic E-state index is 0.148. The van der Waals surface area contributed by atoms with E-state index in [1.54, 1.807) is 0 Å². The Morgan fingerprint density at radius 3 is 2.77 bits per heavy atom. The van der Waals surface area contributed by atoms with Gasteiger partial charge in [0.1, 0.15) is 5.75 Å². The third kappa shape index (κ3) is 5.34. The van der Waals surface area contributed by atoms with Gasteiger partial charge >= 0.3 is 0 Å². The molecule has 1 heterocycles. The van der Waals surface area contributed by atoms with Crippen molar-refractivity contribution in [1.29, 1.82) is 0 Å². The number of hydrogen-bond donors (Lipinski definition) is 2. The first-order chi connectivity index (χ1) is 10.7. The molecular formula is C18H28N2O2. The Kier molecular flexibility index (Phi) is 6.72. The van der Waals surface area contributed by atoms with E-state index in [0.29, 0.717) is 12.5 Å². The van der Waals surface area contributed by atoms with Crippen molar-refractivity contribution >= 4 is 5.91 Å². The Morgan fingerprint density at radius 2 is 2.05 bits per heavy atom. The van der Waals surface area contributed by atoms with E-state index in [-0.39, 0.29) is 11.8 Å². The maximum absolute atomic E-state index is 12.2. The zero-order valence-electron chi connectivity index (χ0n) is 13.7. The largest absolute Gasteiger partial charge is 0.493 e. The lowest BCUT2D eigenvalue weighted by molar-refractivity contribution is -0.125. The SMILES string of the molecule is CC(C)CCOc1ccccc1CNC(=O)C1CCNCC1. The van der Waals surface area contributed by atoms with Gasteiger partial charge in [0.05, 0.1) is 6.61 Å². The summed E-state index contributed by atoms with van der Waals surface area (Å²) < 4.78 is 5.86. The van der Waals surface area contributed by atoms with E-state index < -0.39 is 0 Å². The fourth-order valence-corrected chi connectivity index (χ4v) is 2.61. The molecule has 0 bridgehead atoms. The molecule has 1 aromatic carbocycles. The Labute approximate surface area is 133 Å². The molecule has 1 amide bonds. The normalized spacial score (nSPS) is 15.8. The minimum Gasteiger partial charge on any atom is -0.493 e. The summed E-state index contributed by atoms with van der Waals surface area (Å²) in [6.07, 6.45) is 2.90. The monoisotopic (exact) mass is 304 g/mol. The molecule has 2 N–H and O–H groups in total. The first-order valence-electron chi connectivity index (χ1n) is 8.36. The molecular weight excluding hydrogens is 276 g/mol. The van der Waals surface area contributed by atoms with Crippen molar-refractivity contribution in [3.63, 3.8) is 0 Å². The number of rotatable bonds is 7. The highest BCUT2D eigenvalue weighted by Gasteiger charge is 2.20. The maximum Gasteiger partial charge on any atom is 0.223 e. The van der Waals surface area contributed by atoms with Crippen LogP contribution in [-0.4, -0.2) is 25.6 Å². The highest BCUT2D eigenvalue weighted by atomic mass is 16.5. The summed E-state index contributed by atoms with van der Waals surface area (Å²) in [5, 5.41) is 6.35. The minimum atomic E-state index is 0.148. The van der Waals surface area contributed by atoms with Crippen molar-refractivity contribution in [2.45, 2.75) is 39.7 Å². The number of benzene rings is 1. The van der Waals surface area contributed by atoms with Gasteiger partial charge in [-0.25, -0.2) is 0 Å². The smallest absolute Gasteiger partial charge is 0.223 e. The molecule has 1 aliphatic rings. The molecule has 2 rings (SSSR count). The molecule has 1 saturated heterocycles. The number of carbonyl (C=O) groups is 1. The molecule has 4 nitrogen and oxygen atoms in total. The average Bonchev–Trinajstić information content (AvgIpc) is 2.54. The highest BCUT2D eigenvalue weighted by molar-refractivity contribution is 5.78. The van der Waals surface area contributed by atoms with Crippen LogP contribution in [0.5, 0.6) is 5.75 Å². The van der Waals surface area contributed by atoms with Gasteiger partial charge in [0.2, 0.25) is 5.91 Å². The van der Waals surface area contributed by atoms with Gasteiger partial charge in [-0.2, -0.15) is 0 Å². The van der Waals surface area contributed by atoms with E-state index in [0.717, 1.165) is 50.3 Å². The van der Waals surface area contributed by atoms with Crippen LogP contribution in [0.3, 0.4) is 0 Å². The molecule has 22 heavy (non-hydrogen) atoms. The average molecular weight is 304 g/mol. The third-order valence-electron chi connectivity index (χ3n) is 4.09. The molecule has 1 aromatic rings. The quantitative estimate of drug-likeness (QED) is 0.814. The maximum atomic E-state index is 12.2. The number of para-hydroxylation sites is 1. The summed E-state index contributed by atoms with van der Waals surface area (Å²) in [6.45, 7) is 7.51. The molecule has 0 radical (unpaired) electrons. The van der Waals surface area contributed by atoms with Crippen molar-refractivity contribution in [3.8, 4) is 5.75 Å². The van der Waals surface area contributed by atoms with Crippen LogP contribution in [0, 0.1) is 11.8 Å². The molecule has 122 valence electrons. The van der Waals surface area contributed by atoms with Gasteiger partial charge in [-0.05, 0) is 44.3 Å². The number of hydrogen-bond acceptors (Lipinski definition) is 3. The van der Waals surface area contributed by atoms with E-state index in [9.17, 15) is 4.79 Å². The Balaban J connectivity index is 1.84. The standard InChI is InChI=1S/C18H28N2O2/c1-14(2)9-12-22-17-6-4-3-5-16(17)13-20-18(21)15-7-10-19-11-8-15/h3-6,14-15,19H,7-13H2,1-2H3,(H,20,21). The van der Waals surface area contributed by atoms with Gasteiger partial charge in [-0.3, -0.25) is 4.79 Å². The van der Waals surface area contributed by atoms with Crippen LogP contribution in [0.4, 0.5) is 0 Å². The first kappa shape index (κ1) is 16.8. The number of carbonyl (C=O) groups excluding carboxylic acids is 1. The summed E-state index contributed by atoms with van der Waals surface area (Å²) in [7, 11) is 0. The lowest BCUT2D eigenvalue weighted by Crippen LogP contribution is -2.37. The Bertz CT molecular complexity index is 468. The van der Waals surface area contributed by atoms with Crippen molar-refractivity contribution < 1.29 is 9.53 Å². The predicted molar refractivity (Wildman–Crippen MR) is 88.8 cm³/mol. The van der Waals surface area contributed by atoms with Crippen LogP contribution in [0.25, 0.3) is 0 Å². The second kappa shape index (κ2) is 8.79. The van der Waals surface area contributed by atoms with Crippen molar-refractivity contribution in [1.82, 2.24) is 10.6 Å². The third-order valence-corrected chi connectivity index (χ3v) is 4.09. The summed E-state index contributed by atoms with van der Waals surface area (Å²) >= 11 is 0. The predicted octanol–water partition coefficient (Wildman–Crippen LogP) is 2.73. The van der Waals surface area contributed by atoms with E-state index in [1.165, 1.54) is 0 Å². The van der Waals surface area contributed by atoms with Crippen LogP contribution in [0.1, 0.15) is 38.7 Å². The number of piperidine rings is 1. The summed E-state index contributed by atoms with van der Waals surface area (Å²) in [6, 6.07) is 7.96. The molecule has 1 aliphatic heterocycles. The Morgan fingerprint density at radius 1 is 1.32 bits per heavy atom.